The van der Waals surface area contributed by atoms with Crippen molar-refractivity contribution in [3.8, 4) is 0 Å². The van der Waals surface area contributed by atoms with E-state index in [2.05, 4.69) is 58.9 Å². The lowest BCUT2D eigenvalue weighted by Crippen LogP contribution is -2.35. The summed E-state index contributed by atoms with van der Waals surface area (Å²) in [6.07, 6.45) is 0. The number of nitrogens with one attached hydrogen (secondary N) is 2. The maximum absolute atomic E-state index is 5.39. The Morgan fingerprint density at radius 1 is 1.08 bits per heavy atom. The highest BCUT2D eigenvalue weighted by molar-refractivity contribution is 7.80. The Hall–Kier alpha value is -1.95. The van der Waals surface area contributed by atoms with Gasteiger partial charge in [-0.2, -0.15) is 0 Å². The van der Waals surface area contributed by atoms with Crippen molar-refractivity contribution in [1.29, 1.82) is 0 Å². The van der Waals surface area contributed by atoms with Crippen LogP contribution in [0.5, 0.6) is 0 Å². The molecule has 0 saturated carbocycles. The summed E-state index contributed by atoms with van der Waals surface area (Å²) in [4.78, 5) is 2.43. The molecule has 1 aliphatic heterocycles. The molecule has 0 aromatic heterocycles. The molecule has 132 valence electrons. The molecule has 2 aromatic rings. The van der Waals surface area contributed by atoms with Crippen LogP contribution >= 0.6 is 12.2 Å². The summed E-state index contributed by atoms with van der Waals surface area (Å²) in [5, 5.41) is 7.12. The van der Waals surface area contributed by atoms with E-state index in [-0.39, 0.29) is 0 Å². The summed E-state index contributed by atoms with van der Waals surface area (Å²) in [5.41, 5.74) is 4.78. The van der Waals surface area contributed by atoms with Crippen LogP contribution in [0.3, 0.4) is 0 Å². The molecule has 3 rings (SSSR count). The van der Waals surface area contributed by atoms with Gasteiger partial charge in [-0.3, -0.25) is 4.90 Å². The highest BCUT2D eigenvalue weighted by Crippen LogP contribution is 2.11. The van der Waals surface area contributed by atoms with Gasteiger partial charge < -0.3 is 15.4 Å². The van der Waals surface area contributed by atoms with Crippen molar-refractivity contribution >= 4 is 23.0 Å². The zero-order valence-corrected chi connectivity index (χ0v) is 15.4. The van der Waals surface area contributed by atoms with Gasteiger partial charge in [-0.25, -0.2) is 0 Å². The molecule has 4 nitrogen and oxygen atoms in total. The number of anilines is 1. The SMILES string of the molecule is Cc1cccc(NC(=S)NCc2ccc(CN3CCOCC3)cc2)c1. The van der Waals surface area contributed by atoms with Crippen molar-refractivity contribution in [2.24, 2.45) is 0 Å². The summed E-state index contributed by atoms with van der Waals surface area (Å²) < 4.78 is 5.39. The van der Waals surface area contributed by atoms with Gasteiger partial charge in [-0.15, -0.1) is 0 Å². The Kier molecular flexibility index (Phi) is 6.39. The number of aryl methyl sites for hydroxylation is 1. The molecule has 5 heteroatoms. The van der Waals surface area contributed by atoms with E-state index in [0.717, 1.165) is 45.1 Å². The summed E-state index contributed by atoms with van der Waals surface area (Å²) in [6.45, 7) is 7.49. The second-order valence-electron chi connectivity index (χ2n) is 6.38. The van der Waals surface area contributed by atoms with Gasteiger partial charge in [0.15, 0.2) is 5.11 Å². The van der Waals surface area contributed by atoms with Crippen molar-refractivity contribution < 1.29 is 4.74 Å². The standard InChI is InChI=1S/C20H25N3OS/c1-16-3-2-4-19(13-16)22-20(25)21-14-17-5-7-18(8-6-17)15-23-9-11-24-12-10-23/h2-8,13H,9-12,14-15H2,1H3,(H2,21,22,25). The molecule has 0 spiro atoms. The fourth-order valence-electron chi connectivity index (χ4n) is 2.86. The molecule has 2 N–H and O–H groups in total. The van der Waals surface area contributed by atoms with Gasteiger partial charge in [0.05, 0.1) is 13.2 Å². The highest BCUT2D eigenvalue weighted by atomic mass is 32.1. The maximum Gasteiger partial charge on any atom is 0.171 e. The van der Waals surface area contributed by atoms with Gasteiger partial charge in [0.1, 0.15) is 0 Å². The topological polar surface area (TPSA) is 36.5 Å². The van der Waals surface area contributed by atoms with Crippen LogP contribution in [0.2, 0.25) is 0 Å². The van der Waals surface area contributed by atoms with E-state index in [0.29, 0.717) is 5.11 Å². The smallest absolute Gasteiger partial charge is 0.171 e. The van der Waals surface area contributed by atoms with Crippen molar-refractivity contribution in [3.05, 3.63) is 65.2 Å². The summed E-state index contributed by atoms with van der Waals surface area (Å²) in [6, 6.07) is 16.9. The third-order valence-electron chi connectivity index (χ3n) is 4.26. The Bertz CT molecular complexity index is 696. The monoisotopic (exact) mass is 355 g/mol. The molecule has 0 atom stereocenters. The van der Waals surface area contributed by atoms with Crippen LogP contribution in [0.4, 0.5) is 5.69 Å². The minimum atomic E-state index is 0.642. The summed E-state index contributed by atoms with van der Waals surface area (Å²) in [5.74, 6) is 0. The Morgan fingerprint density at radius 3 is 2.52 bits per heavy atom. The second kappa shape index (κ2) is 8.94. The van der Waals surface area contributed by atoms with E-state index in [1.165, 1.54) is 16.7 Å². The van der Waals surface area contributed by atoms with Crippen LogP contribution in [0, 0.1) is 6.92 Å². The number of benzene rings is 2. The molecule has 0 aliphatic carbocycles. The lowest BCUT2D eigenvalue weighted by molar-refractivity contribution is 0.0342. The van der Waals surface area contributed by atoms with Crippen LogP contribution < -0.4 is 10.6 Å². The number of nitrogens with zero attached hydrogens (tertiary/aromatic N) is 1. The predicted octanol–water partition coefficient (Wildman–Crippen LogP) is 3.31. The summed E-state index contributed by atoms with van der Waals surface area (Å²) >= 11 is 5.37. The first-order chi connectivity index (χ1) is 12.2. The first kappa shape index (κ1) is 17.9. The molecular formula is C20H25N3OS. The minimum Gasteiger partial charge on any atom is -0.379 e. The third-order valence-corrected chi connectivity index (χ3v) is 4.51. The zero-order chi connectivity index (χ0) is 17.5. The number of rotatable bonds is 5. The van der Waals surface area contributed by atoms with Crippen LogP contribution in [-0.4, -0.2) is 36.3 Å². The Morgan fingerprint density at radius 2 is 1.80 bits per heavy atom. The largest absolute Gasteiger partial charge is 0.379 e. The first-order valence-electron chi connectivity index (χ1n) is 8.68. The fraction of sp³-hybridized carbons (Fsp3) is 0.350. The molecule has 0 radical (unpaired) electrons. The van der Waals surface area contributed by atoms with Gasteiger partial charge in [-0.05, 0) is 48.0 Å². The summed E-state index contributed by atoms with van der Waals surface area (Å²) in [7, 11) is 0. The zero-order valence-electron chi connectivity index (χ0n) is 14.6. The second-order valence-corrected chi connectivity index (χ2v) is 6.79. The molecule has 1 fully saturated rings. The maximum atomic E-state index is 5.39. The number of ether oxygens (including phenoxy) is 1. The molecule has 0 bridgehead atoms. The molecule has 0 unspecified atom stereocenters. The molecule has 1 saturated heterocycles. The average Bonchev–Trinajstić information content (AvgIpc) is 2.62. The van der Waals surface area contributed by atoms with Crippen LogP contribution in [0.1, 0.15) is 16.7 Å². The van der Waals surface area contributed by atoms with Gasteiger partial charge in [0.2, 0.25) is 0 Å². The molecule has 0 amide bonds. The van der Waals surface area contributed by atoms with Crippen molar-refractivity contribution in [1.82, 2.24) is 10.2 Å². The third kappa shape index (κ3) is 5.81. The van der Waals surface area contributed by atoms with Gasteiger partial charge in [-0.1, -0.05) is 36.4 Å². The van der Waals surface area contributed by atoms with Crippen molar-refractivity contribution in [2.75, 3.05) is 31.6 Å². The molecule has 25 heavy (non-hydrogen) atoms. The number of thiocarbonyl (C=S) groups is 1. The predicted molar refractivity (Wildman–Crippen MR) is 107 cm³/mol. The number of hydrogen-bond acceptors (Lipinski definition) is 3. The van der Waals surface area contributed by atoms with E-state index in [1.54, 1.807) is 0 Å². The number of morpholine rings is 1. The average molecular weight is 356 g/mol. The molecular weight excluding hydrogens is 330 g/mol. The van der Waals surface area contributed by atoms with Gasteiger partial charge in [0, 0.05) is 31.9 Å². The Labute approximate surface area is 155 Å². The lowest BCUT2D eigenvalue weighted by atomic mass is 10.1. The van der Waals surface area contributed by atoms with E-state index in [1.807, 2.05) is 12.1 Å². The van der Waals surface area contributed by atoms with Crippen molar-refractivity contribution in [3.63, 3.8) is 0 Å². The molecule has 1 aliphatic rings. The quantitative estimate of drug-likeness (QED) is 0.805. The van der Waals surface area contributed by atoms with E-state index in [4.69, 9.17) is 17.0 Å². The van der Waals surface area contributed by atoms with Crippen LogP contribution in [-0.2, 0) is 17.8 Å². The van der Waals surface area contributed by atoms with E-state index >= 15 is 0 Å². The normalized spacial score (nSPS) is 14.9. The fourth-order valence-corrected chi connectivity index (χ4v) is 3.05. The number of hydrogen-bond donors (Lipinski definition) is 2. The first-order valence-corrected chi connectivity index (χ1v) is 9.09. The van der Waals surface area contributed by atoms with Gasteiger partial charge >= 0.3 is 0 Å². The molecule has 2 aromatic carbocycles. The van der Waals surface area contributed by atoms with Crippen LogP contribution in [0.15, 0.2) is 48.5 Å². The highest BCUT2D eigenvalue weighted by Gasteiger charge is 2.10. The molecule has 1 heterocycles. The minimum absolute atomic E-state index is 0.642. The Balaban J connectivity index is 1.45. The van der Waals surface area contributed by atoms with E-state index < -0.39 is 0 Å². The van der Waals surface area contributed by atoms with E-state index in [9.17, 15) is 0 Å². The lowest BCUT2D eigenvalue weighted by Gasteiger charge is -2.26. The van der Waals surface area contributed by atoms with Gasteiger partial charge in [0.25, 0.3) is 0 Å². The van der Waals surface area contributed by atoms with Crippen LogP contribution in [0.25, 0.3) is 0 Å². The van der Waals surface area contributed by atoms with Crippen molar-refractivity contribution in [2.45, 2.75) is 20.0 Å².